The number of ether oxygens (including phenoxy) is 2. The Morgan fingerprint density at radius 3 is 0.860 bits per heavy atom. The van der Waals surface area contributed by atoms with Crippen LogP contribution in [-0.2, 0) is 0 Å². The first-order valence-corrected chi connectivity index (χ1v) is 29.8. The summed E-state index contributed by atoms with van der Waals surface area (Å²) in [6.07, 6.45) is 0. The molecule has 0 amide bonds. The van der Waals surface area contributed by atoms with Gasteiger partial charge in [-0.15, -0.1) is 0 Å². The second kappa shape index (κ2) is 33.3. The Labute approximate surface area is 516 Å². The van der Waals surface area contributed by atoms with Crippen molar-refractivity contribution in [2.24, 2.45) is 0 Å². The van der Waals surface area contributed by atoms with E-state index in [2.05, 4.69) is 326 Å². The molecule has 438 valence electrons. The summed E-state index contributed by atoms with van der Waals surface area (Å²) in [4.78, 5) is 0. The Bertz CT molecular complexity index is 3820. The fraction of sp³-hybridized carbons (Fsp3) is 0.190. The van der Waals surface area contributed by atoms with Crippen molar-refractivity contribution in [3.63, 3.8) is 0 Å². The number of methoxy groups -OCH3 is 2. The Kier molecular flexibility index (Phi) is 25.5. The van der Waals surface area contributed by atoms with Crippen LogP contribution in [0.1, 0.15) is 77.9 Å². The lowest BCUT2D eigenvalue weighted by atomic mass is 10.00. The van der Waals surface area contributed by atoms with E-state index >= 15 is 0 Å². The Balaban J connectivity index is 0.000000161. The van der Waals surface area contributed by atoms with Crippen LogP contribution in [0.5, 0.6) is 11.5 Å². The molecular formula is C84H90O2. The molecule has 2 nitrogen and oxygen atoms in total. The third-order valence-corrected chi connectivity index (χ3v) is 15.0. The smallest absolute Gasteiger partial charge is 0.122 e. The van der Waals surface area contributed by atoms with Gasteiger partial charge in [0.15, 0.2) is 0 Å². The van der Waals surface area contributed by atoms with Crippen molar-refractivity contribution in [1.82, 2.24) is 0 Å². The standard InChI is InChI=1S/3C14H14.2C12H12.C10H14O2.C8H10/c1-11-3-7-13(8-4-11)14-9-5-12(2)6-10-14;1-11-6-8-13(9-7-11)14-5-3-4-12(2)10-14;1-11-7-9-13(10-8-11)14-6-4-3-5-12(14)2;1-9-3-5-12-8-10(2)4-6-11(12)7-9;1-9-5-3-8-12-10(2)6-4-7-11(9)12;1-7-5-10(12-4)8(2)6-9(7)11-3;1-7-3-5-8(2)6-4-7/h3*3-10H,1-2H3;2*3-8H,1-2H3;5-6H,1-4H3;3-6H,1-2H3. The fourth-order valence-corrected chi connectivity index (χ4v) is 9.64. The summed E-state index contributed by atoms with van der Waals surface area (Å²) < 4.78 is 10.3. The molecule has 0 saturated carbocycles. The summed E-state index contributed by atoms with van der Waals surface area (Å²) in [5.74, 6) is 1.82. The second-order valence-corrected chi connectivity index (χ2v) is 22.7. The molecule has 0 aliphatic heterocycles. The van der Waals surface area contributed by atoms with Crippen molar-refractivity contribution < 1.29 is 9.47 Å². The molecule has 0 aliphatic carbocycles. The van der Waals surface area contributed by atoms with Gasteiger partial charge in [0.1, 0.15) is 11.5 Å². The molecular weight excluding hydrogens is 1040 g/mol. The number of hydrogen-bond donors (Lipinski definition) is 0. The summed E-state index contributed by atoms with van der Waals surface area (Å²) in [6, 6.07) is 90.1. The molecule has 0 spiro atoms. The van der Waals surface area contributed by atoms with Gasteiger partial charge in [-0.2, -0.15) is 0 Å². The van der Waals surface area contributed by atoms with E-state index in [0.717, 1.165) is 22.6 Å². The molecule has 0 radical (unpaired) electrons. The molecule has 0 saturated heterocycles. The van der Waals surface area contributed by atoms with Gasteiger partial charge in [0.25, 0.3) is 0 Å². The minimum absolute atomic E-state index is 0.910. The maximum absolute atomic E-state index is 5.17. The van der Waals surface area contributed by atoms with Gasteiger partial charge < -0.3 is 9.47 Å². The quantitative estimate of drug-likeness (QED) is 0.171. The molecule has 0 aromatic heterocycles. The minimum Gasteiger partial charge on any atom is -0.496 e. The third-order valence-electron chi connectivity index (χ3n) is 15.0. The first kappa shape index (κ1) is 65.9. The van der Waals surface area contributed by atoms with Crippen molar-refractivity contribution in [3.8, 4) is 44.9 Å². The average Bonchev–Trinajstić information content (AvgIpc) is 3.63. The Hall–Kier alpha value is -9.24. The molecule has 0 fully saturated rings. The highest BCUT2D eigenvalue weighted by Crippen LogP contribution is 2.28. The van der Waals surface area contributed by atoms with E-state index < -0.39 is 0 Å². The van der Waals surface area contributed by atoms with Crippen molar-refractivity contribution >= 4 is 21.5 Å². The van der Waals surface area contributed by atoms with Crippen LogP contribution in [0.15, 0.2) is 255 Å². The maximum Gasteiger partial charge on any atom is 0.122 e. The molecule has 2 heteroatoms. The van der Waals surface area contributed by atoms with Crippen LogP contribution in [0.3, 0.4) is 0 Å². The fourth-order valence-electron chi connectivity index (χ4n) is 9.64. The first-order valence-electron chi connectivity index (χ1n) is 29.8. The Morgan fingerprint density at radius 2 is 0.500 bits per heavy atom. The third kappa shape index (κ3) is 20.8. The predicted octanol–water partition coefficient (Wildman–Crippen LogP) is 23.4. The molecule has 0 aliphatic rings. The van der Waals surface area contributed by atoms with Crippen molar-refractivity contribution in [1.29, 1.82) is 0 Å². The number of benzene rings is 12. The average molecular weight is 1130 g/mol. The zero-order valence-electron chi connectivity index (χ0n) is 54.1. The Morgan fingerprint density at radius 1 is 0.198 bits per heavy atom. The second-order valence-electron chi connectivity index (χ2n) is 22.7. The van der Waals surface area contributed by atoms with E-state index in [1.165, 1.54) is 122 Å². The number of fused-ring (bicyclic) bond motifs is 2. The van der Waals surface area contributed by atoms with Crippen molar-refractivity contribution in [3.05, 3.63) is 333 Å². The van der Waals surface area contributed by atoms with Gasteiger partial charge in [-0.05, 0) is 192 Å². The zero-order chi connectivity index (χ0) is 62.1. The molecule has 0 heterocycles. The highest BCUT2D eigenvalue weighted by molar-refractivity contribution is 5.88. The minimum atomic E-state index is 0.910. The summed E-state index contributed by atoms with van der Waals surface area (Å²) >= 11 is 0. The molecule has 12 rings (SSSR count). The summed E-state index contributed by atoms with van der Waals surface area (Å²) in [5.41, 5.74) is 25.9. The molecule has 0 unspecified atom stereocenters. The van der Waals surface area contributed by atoms with Gasteiger partial charge in [-0.1, -0.05) is 293 Å². The van der Waals surface area contributed by atoms with E-state index in [4.69, 9.17) is 9.47 Å². The van der Waals surface area contributed by atoms with Crippen LogP contribution in [0.2, 0.25) is 0 Å². The zero-order valence-corrected chi connectivity index (χ0v) is 54.1. The first-order chi connectivity index (χ1) is 41.3. The normalized spacial score (nSPS) is 10.1. The van der Waals surface area contributed by atoms with Crippen LogP contribution < -0.4 is 9.47 Å². The molecule has 0 bridgehead atoms. The topological polar surface area (TPSA) is 18.5 Å². The van der Waals surface area contributed by atoms with Gasteiger partial charge in [0.05, 0.1) is 14.2 Å². The van der Waals surface area contributed by atoms with Crippen LogP contribution in [0.25, 0.3) is 54.9 Å². The maximum atomic E-state index is 5.17. The largest absolute Gasteiger partial charge is 0.496 e. The predicted molar refractivity (Wildman–Crippen MR) is 376 cm³/mol. The lowest BCUT2D eigenvalue weighted by molar-refractivity contribution is 0.398. The monoisotopic (exact) mass is 1130 g/mol. The van der Waals surface area contributed by atoms with Gasteiger partial charge in [0.2, 0.25) is 0 Å². The number of hydrogen-bond acceptors (Lipinski definition) is 2. The van der Waals surface area contributed by atoms with E-state index in [0.29, 0.717) is 0 Å². The molecule has 86 heavy (non-hydrogen) atoms. The van der Waals surface area contributed by atoms with Gasteiger partial charge >= 0.3 is 0 Å². The van der Waals surface area contributed by atoms with Crippen molar-refractivity contribution in [2.75, 3.05) is 14.2 Å². The SMILES string of the molecule is COc1cc(C)c(OC)cc1C.Cc1ccc(-c2ccc(C)cc2)cc1.Cc1ccc(-c2cccc(C)c2)cc1.Cc1ccc(-c2ccccc2C)cc1.Cc1ccc(C)cc1.Cc1ccc2cc(C)ccc2c1.Cc1cccc2c(C)cccc12. The van der Waals surface area contributed by atoms with Crippen LogP contribution in [-0.4, -0.2) is 14.2 Å². The van der Waals surface area contributed by atoms with E-state index in [1.807, 2.05) is 26.0 Å². The van der Waals surface area contributed by atoms with Gasteiger partial charge in [-0.25, -0.2) is 0 Å². The number of rotatable bonds is 5. The molecule has 12 aromatic carbocycles. The van der Waals surface area contributed by atoms with Crippen LogP contribution in [0.4, 0.5) is 0 Å². The summed E-state index contributed by atoms with van der Waals surface area (Å²) in [6.45, 7) is 29.5. The van der Waals surface area contributed by atoms with E-state index in [9.17, 15) is 0 Å². The highest BCUT2D eigenvalue weighted by atomic mass is 16.5. The van der Waals surface area contributed by atoms with Gasteiger partial charge in [-0.3, -0.25) is 0 Å². The number of aryl methyl sites for hydroxylation is 14. The molecule has 12 aromatic rings. The highest BCUT2D eigenvalue weighted by Gasteiger charge is 2.05. The van der Waals surface area contributed by atoms with E-state index in [-0.39, 0.29) is 0 Å². The lowest BCUT2D eigenvalue weighted by Crippen LogP contribution is -1.92. The van der Waals surface area contributed by atoms with Crippen molar-refractivity contribution in [2.45, 2.75) is 96.9 Å². The summed E-state index contributed by atoms with van der Waals surface area (Å²) in [5, 5.41) is 5.41. The van der Waals surface area contributed by atoms with E-state index in [1.54, 1.807) is 14.2 Å². The molecule has 0 atom stereocenters. The van der Waals surface area contributed by atoms with Crippen LogP contribution in [0, 0.1) is 96.9 Å². The lowest BCUT2D eigenvalue weighted by Gasteiger charge is -2.09. The van der Waals surface area contributed by atoms with Crippen LogP contribution >= 0.6 is 0 Å². The van der Waals surface area contributed by atoms with Gasteiger partial charge in [0, 0.05) is 0 Å². The summed E-state index contributed by atoms with van der Waals surface area (Å²) in [7, 11) is 3.35. The molecule has 0 N–H and O–H groups in total.